The van der Waals surface area contributed by atoms with Gasteiger partial charge in [0.25, 0.3) is 11.6 Å². The first-order valence-corrected chi connectivity index (χ1v) is 9.55. The number of hydrogen-bond acceptors (Lipinski definition) is 6. The number of fused-ring (bicyclic) bond motifs is 1. The Hall–Kier alpha value is -1.99. The number of likely N-dealkylation sites (tertiary alicyclic amines) is 1. The maximum atomic E-state index is 13.3. The summed E-state index contributed by atoms with van der Waals surface area (Å²) in [7, 11) is 0. The molecule has 2 saturated heterocycles. The first-order valence-electron chi connectivity index (χ1n) is 9.55. The number of piperazine rings is 1. The Balaban J connectivity index is 1.61. The molecule has 1 amide bonds. The average molecular weight is 357 g/mol. The number of aryl methyl sites for hydroxylation is 1. The predicted octanol–water partition coefficient (Wildman–Crippen LogP) is 1.77. The van der Waals surface area contributed by atoms with Crippen LogP contribution in [-0.2, 0) is 0 Å². The number of carbonyl (C=O) groups is 1. The van der Waals surface area contributed by atoms with Crippen molar-refractivity contribution in [2.24, 2.45) is 0 Å². The summed E-state index contributed by atoms with van der Waals surface area (Å²) in [5.41, 5.74) is 2.74. The number of amides is 1. The van der Waals surface area contributed by atoms with Gasteiger partial charge in [0, 0.05) is 51.0 Å². The Kier molecular flexibility index (Phi) is 4.67. The lowest BCUT2D eigenvalue weighted by Gasteiger charge is -2.32. The number of nitrogens with zero attached hydrogens (tertiary/aromatic N) is 4. The molecule has 1 unspecified atom stereocenters. The average Bonchev–Trinajstić information content (AvgIpc) is 3.28. The molecule has 0 spiro atoms. The molecule has 0 radical (unpaired) electrons. The smallest absolute Gasteiger partial charge is 0.259 e. The third kappa shape index (κ3) is 3.10. The van der Waals surface area contributed by atoms with E-state index in [4.69, 9.17) is 4.52 Å². The molecule has 2 aromatic heterocycles. The standard InChI is InChI=1S/C19H27N5O2/c1-12(2)17-16-15(10-13(3)21-18(16)26-22-17)19(25)24-7-4-14(11-24)23-8-5-20-6-9-23/h10,12,14,20H,4-9,11H2,1-3H3. The summed E-state index contributed by atoms with van der Waals surface area (Å²) in [5, 5.41) is 8.34. The number of aromatic nitrogens is 2. The highest BCUT2D eigenvalue weighted by atomic mass is 16.5. The monoisotopic (exact) mass is 357 g/mol. The van der Waals surface area contributed by atoms with Crippen LogP contribution >= 0.6 is 0 Å². The first-order chi connectivity index (χ1) is 12.5. The van der Waals surface area contributed by atoms with Gasteiger partial charge in [-0.1, -0.05) is 19.0 Å². The lowest BCUT2D eigenvalue weighted by molar-refractivity contribution is 0.0775. The van der Waals surface area contributed by atoms with Crippen molar-refractivity contribution in [1.29, 1.82) is 0 Å². The second kappa shape index (κ2) is 6.96. The number of hydrogen-bond donors (Lipinski definition) is 1. The molecular weight excluding hydrogens is 330 g/mol. The van der Waals surface area contributed by atoms with Crippen molar-refractivity contribution in [1.82, 2.24) is 25.3 Å². The van der Waals surface area contributed by atoms with Crippen LogP contribution in [0.25, 0.3) is 11.1 Å². The Morgan fingerprint density at radius 2 is 2.08 bits per heavy atom. The van der Waals surface area contributed by atoms with Gasteiger partial charge in [0.15, 0.2) is 0 Å². The minimum absolute atomic E-state index is 0.0724. The molecule has 140 valence electrons. The summed E-state index contributed by atoms with van der Waals surface area (Å²) in [6.07, 6.45) is 1.04. The Morgan fingerprint density at radius 3 is 2.81 bits per heavy atom. The molecule has 2 aliphatic heterocycles. The maximum absolute atomic E-state index is 13.3. The van der Waals surface area contributed by atoms with Gasteiger partial charge in [-0.15, -0.1) is 0 Å². The molecule has 1 N–H and O–H groups in total. The van der Waals surface area contributed by atoms with Crippen LogP contribution in [0.2, 0.25) is 0 Å². The van der Waals surface area contributed by atoms with Gasteiger partial charge in [-0.3, -0.25) is 9.69 Å². The fraction of sp³-hybridized carbons (Fsp3) is 0.632. The van der Waals surface area contributed by atoms with Crippen LogP contribution in [0, 0.1) is 6.92 Å². The lowest BCUT2D eigenvalue weighted by Crippen LogP contribution is -2.49. The fourth-order valence-corrected chi connectivity index (χ4v) is 4.10. The molecule has 0 bridgehead atoms. The lowest BCUT2D eigenvalue weighted by atomic mass is 10.0. The minimum atomic E-state index is 0.0724. The van der Waals surface area contributed by atoms with Gasteiger partial charge in [-0.2, -0.15) is 0 Å². The van der Waals surface area contributed by atoms with E-state index in [0.29, 0.717) is 17.3 Å². The molecule has 0 saturated carbocycles. The Labute approximate surface area is 153 Å². The van der Waals surface area contributed by atoms with Crippen molar-refractivity contribution < 1.29 is 9.32 Å². The van der Waals surface area contributed by atoms with Gasteiger partial charge < -0.3 is 14.7 Å². The summed E-state index contributed by atoms with van der Waals surface area (Å²) < 4.78 is 5.41. The van der Waals surface area contributed by atoms with Gasteiger partial charge in [0.05, 0.1) is 16.6 Å². The molecule has 1 atom stereocenters. The molecule has 2 fully saturated rings. The molecule has 4 rings (SSSR count). The SMILES string of the molecule is Cc1cc(C(=O)N2CCC(N3CCNCC3)C2)c2c(C(C)C)noc2n1. The van der Waals surface area contributed by atoms with E-state index < -0.39 is 0 Å². The van der Waals surface area contributed by atoms with Crippen molar-refractivity contribution in [2.45, 2.75) is 39.2 Å². The fourth-order valence-electron chi connectivity index (χ4n) is 4.10. The normalized spacial score (nSPS) is 21.8. The highest BCUT2D eigenvalue weighted by molar-refractivity contribution is 6.06. The molecule has 0 aromatic carbocycles. The quantitative estimate of drug-likeness (QED) is 0.902. The van der Waals surface area contributed by atoms with Crippen LogP contribution in [0.1, 0.15) is 47.9 Å². The molecule has 4 heterocycles. The van der Waals surface area contributed by atoms with Crippen molar-refractivity contribution in [3.63, 3.8) is 0 Å². The molecule has 2 aromatic rings. The molecule has 26 heavy (non-hydrogen) atoms. The second-order valence-corrected chi connectivity index (χ2v) is 7.69. The van der Waals surface area contributed by atoms with Gasteiger partial charge >= 0.3 is 0 Å². The predicted molar refractivity (Wildman–Crippen MR) is 99.4 cm³/mol. The first kappa shape index (κ1) is 17.4. The van der Waals surface area contributed by atoms with Crippen LogP contribution in [0.5, 0.6) is 0 Å². The molecular formula is C19H27N5O2. The van der Waals surface area contributed by atoms with E-state index in [-0.39, 0.29) is 11.8 Å². The van der Waals surface area contributed by atoms with E-state index in [2.05, 4.69) is 34.2 Å². The number of rotatable bonds is 3. The third-order valence-corrected chi connectivity index (χ3v) is 5.50. The Morgan fingerprint density at radius 1 is 1.31 bits per heavy atom. The third-order valence-electron chi connectivity index (χ3n) is 5.50. The summed E-state index contributed by atoms with van der Waals surface area (Å²) in [6.45, 7) is 11.8. The molecule has 7 nitrogen and oxygen atoms in total. The van der Waals surface area contributed by atoms with E-state index in [1.54, 1.807) is 0 Å². The van der Waals surface area contributed by atoms with Crippen LogP contribution in [0.15, 0.2) is 10.6 Å². The van der Waals surface area contributed by atoms with Crippen molar-refractivity contribution in [3.05, 3.63) is 23.0 Å². The van der Waals surface area contributed by atoms with Gasteiger partial charge in [0.2, 0.25) is 0 Å². The Bertz CT molecular complexity index is 810. The highest BCUT2D eigenvalue weighted by Gasteiger charge is 2.33. The van der Waals surface area contributed by atoms with Gasteiger partial charge in [0.1, 0.15) is 0 Å². The molecule has 0 aliphatic carbocycles. The van der Waals surface area contributed by atoms with E-state index in [1.807, 2.05) is 17.9 Å². The van der Waals surface area contributed by atoms with Crippen molar-refractivity contribution >= 4 is 17.0 Å². The number of nitrogens with one attached hydrogen (secondary N) is 1. The van der Waals surface area contributed by atoms with Gasteiger partial charge in [-0.25, -0.2) is 4.98 Å². The second-order valence-electron chi connectivity index (χ2n) is 7.69. The van der Waals surface area contributed by atoms with Crippen LogP contribution < -0.4 is 5.32 Å². The van der Waals surface area contributed by atoms with Crippen LogP contribution in [0.4, 0.5) is 0 Å². The summed E-state index contributed by atoms with van der Waals surface area (Å²) in [6, 6.07) is 2.35. The number of carbonyl (C=O) groups excluding carboxylic acids is 1. The van der Waals surface area contributed by atoms with Gasteiger partial charge in [-0.05, 0) is 25.3 Å². The zero-order valence-corrected chi connectivity index (χ0v) is 15.8. The largest absolute Gasteiger partial charge is 0.337 e. The van der Waals surface area contributed by atoms with Crippen LogP contribution in [-0.4, -0.2) is 71.2 Å². The summed E-state index contributed by atoms with van der Waals surface area (Å²) in [4.78, 5) is 22.2. The van der Waals surface area contributed by atoms with E-state index in [9.17, 15) is 4.79 Å². The van der Waals surface area contributed by atoms with Crippen molar-refractivity contribution in [3.8, 4) is 0 Å². The van der Waals surface area contributed by atoms with E-state index in [1.165, 1.54) is 0 Å². The number of pyridine rings is 1. The maximum Gasteiger partial charge on any atom is 0.259 e. The van der Waals surface area contributed by atoms with Crippen molar-refractivity contribution in [2.75, 3.05) is 39.3 Å². The molecule has 7 heteroatoms. The zero-order valence-electron chi connectivity index (χ0n) is 15.8. The minimum Gasteiger partial charge on any atom is -0.337 e. The summed E-state index contributed by atoms with van der Waals surface area (Å²) >= 11 is 0. The zero-order chi connectivity index (χ0) is 18.3. The van der Waals surface area contributed by atoms with Crippen LogP contribution in [0.3, 0.4) is 0 Å². The highest BCUT2D eigenvalue weighted by Crippen LogP contribution is 2.29. The van der Waals surface area contributed by atoms with E-state index >= 15 is 0 Å². The van der Waals surface area contributed by atoms with E-state index in [0.717, 1.165) is 62.5 Å². The molecule has 2 aliphatic rings. The topological polar surface area (TPSA) is 74.5 Å². The summed E-state index contributed by atoms with van der Waals surface area (Å²) in [5.74, 6) is 0.253.